The lowest BCUT2D eigenvalue weighted by Crippen LogP contribution is -2.35. The number of amides is 2. The fourth-order valence-electron chi connectivity index (χ4n) is 3.10. The van der Waals surface area contributed by atoms with E-state index in [-0.39, 0.29) is 17.2 Å². The highest BCUT2D eigenvalue weighted by atomic mass is 16.2. The standard InChI is InChI=1S/C16H21N3O2/c1-11(20)19-8-5-12-9-13(3-4-14(12)19)18-15(21)16(2)6-7-17-10-16/h3-4,9,17H,5-8,10H2,1-2H3,(H,18,21). The molecule has 5 heteroatoms. The van der Waals surface area contributed by atoms with Crippen molar-refractivity contribution in [1.29, 1.82) is 0 Å². The van der Waals surface area contributed by atoms with Crippen LogP contribution >= 0.6 is 0 Å². The van der Waals surface area contributed by atoms with Crippen molar-refractivity contribution in [3.63, 3.8) is 0 Å². The number of carbonyl (C=O) groups is 2. The van der Waals surface area contributed by atoms with Crippen LogP contribution in [0, 0.1) is 5.41 Å². The third-order valence-electron chi connectivity index (χ3n) is 4.53. The van der Waals surface area contributed by atoms with Gasteiger partial charge in [-0.2, -0.15) is 0 Å². The van der Waals surface area contributed by atoms with E-state index in [4.69, 9.17) is 0 Å². The average Bonchev–Trinajstić information content (AvgIpc) is 3.05. The minimum absolute atomic E-state index is 0.0638. The van der Waals surface area contributed by atoms with E-state index in [1.165, 1.54) is 0 Å². The van der Waals surface area contributed by atoms with Gasteiger partial charge in [-0.05, 0) is 50.1 Å². The molecule has 3 rings (SSSR count). The predicted molar refractivity (Wildman–Crippen MR) is 82.4 cm³/mol. The number of hydrogen-bond donors (Lipinski definition) is 2. The summed E-state index contributed by atoms with van der Waals surface area (Å²) in [5, 5.41) is 6.25. The van der Waals surface area contributed by atoms with Gasteiger partial charge in [0.05, 0.1) is 5.41 Å². The summed E-state index contributed by atoms with van der Waals surface area (Å²) in [7, 11) is 0. The monoisotopic (exact) mass is 287 g/mol. The van der Waals surface area contributed by atoms with Crippen molar-refractivity contribution in [1.82, 2.24) is 5.32 Å². The SMILES string of the molecule is CC(=O)N1CCc2cc(NC(=O)C3(C)CCNC3)ccc21. The van der Waals surface area contributed by atoms with Gasteiger partial charge in [0.25, 0.3) is 0 Å². The highest BCUT2D eigenvalue weighted by Crippen LogP contribution is 2.32. The number of nitrogens with zero attached hydrogens (tertiary/aromatic N) is 1. The lowest BCUT2D eigenvalue weighted by atomic mass is 9.88. The summed E-state index contributed by atoms with van der Waals surface area (Å²) in [6.45, 7) is 5.92. The topological polar surface area (TPSA) is 61.4 Å². The fraction of sp³-hybridized carbons (Fsp3) is 0.500. The van der Waals surface area contributed by atoms with Crippen LogP contribution in [0.15, 0.2) is 18.2 Å². The first-order valence-electron chi connectivity index (χ1n) is 7.43. The second kappa shape index (κ2) is 5.15. The minimum atomic E-state index is -0.329. The van der Waals surface area contributed by atoms with E-state index in [0.29, 0.717) is 0 Å². The van der Waals surface area contributed by atoms with E-state index in [1.54, 1.807) is 11.8 Å². The van der Waals surface area contributed by atoms with Crippen molar-refractivity contribution < 1.29 is 9.59 Å². The molecule has 5 nitrogen and oxygen atoms in total. The van der Waals surface area contributed by atoms with Crippen molar-refractivity contribution in [3.05, 3.63) is 23.8 Å². The molecule has 2 aliphatic rings. The molecule has 1 unspecified atom stereocenters. The van der Waals surface area contributed by atoms with Gasteiger partial charge >= 0.3 is 0 Å². The van der Waals surface area contributed by atoms with Crippen molar-refractivity contribution in [2.45, 2.75) is 26.7 Å². The minimum Gasteiger partial charge on any atom is -0.326 e. The van der Waals surface area contributed by atoms with Gasteiger partial charge in [-0.15, -0.1) is 0 Å². The number of rotatable bonds is 2. The van der Waals surface area contributed by atoms with E-state index >= 15 is 0 Å². The summed E-state index contributed by atoms with van der Waals surface area (Å²) >= 11 is 0. The van der Waals surface area contributed by atoms with Crippen LogP contribution < -0.4 is 15.5 Å². The zero-order valence-corrected chi connectivity index (χ0v) is 12.5. The zero-order valence-electron chi connectivity index (χ0n) is 12.5. The third-order valence-corrected chi connectivity index (χ3v) is 4.53. The Morgan fingerprint density at radius 2 is 2.19 bits per heavy atom. The number of nitrogens with one attached hydrogen (secondary N) is 2. The maximum atomic E-state index is 12.4. The quantitative estimate of drug-likeness (QED) is 0.867. The van der Waals surface area contributed by atoms with Crippen molar-refractivity contribution >= 4 is 23.2 Å². The molecular formula is C16H21N3O2. The number of hydrogen-bond acceptors (Lipinski definition) is 3. The van der Waals surface area contributed by atoms with Gasteiger partial charge in [-0.1, -0.05) is 0 Å². The van der Waals surface area contributed by atoms with Gasteiger partial charge < -0.3 is 15.5 Å². The molecule has 2 amide bonds. The van der Waals surface area contributed by atoms with Gasteiger partial charge in [0.15, 0.2) is 0 Å². The van der Waals surface area contributed by atoms with Gasteiger partial charge in [-0.25, -0.2) is 0 Å². The molecule has 1 fully saturated rings. The van der Waals surface area contributed by atoms with Crippen LogP contribution in [-0.4, -0.2) is 31.4 Å². The molecule has 1 saturated heterocycles. The van der Waals surface area contributed by atoms with Gasteiger partial charge in [0.2, 0.25) is 11.8 Å². The van der Waals surface area contributed by atoms with Crippen LogP contribution in [-0.2, 0) is 16.0 Å². The molecule has 1 aromatic carbocycles. The Morgan fingerprint density at radius 3 is 2.86 bits per heavy atom. The molecule has 21 heavy (non-hydrogen) atoms. The summed E-state index contributed by atoms with van der Waals surface area (Å²) in [4.78, 5) is 25.7. The van der Waals surface area contributed by atoms with Crippen molar-refractivity contribution in [3.8, 4) is 0 Å². The van der Waals surface area contributed by atoms with Crippen LogP contribution in [0.1, 0.15) is 25.8 Å². The first kappa shape index (κ1) is 14.1. The van der Waals surface area contributed by atoms with E-state index < -0.39 is 0 Å². The van der Waals surface area contributed by atoms with Crippen molar-refractivity contribution in [2.24, 2.45) is 5.41 Å². The molecule has 0 radical (unpaired) electrons. The van der Waals surface area contributed by atoms with E-state index in [0.717, 1.165) is 49.4 Å². The Kier molecular flexibility index (Phi) is 3.45. The first-order valence-corrected chi connectivity index (χ1v) is 7.43. The maximum absolute atomic E-state index is 12.4. The zero-order chi connectivity index (χ0) is 15.0. The number of fused-ring (bicyclic) bond motifs is 1. The first-order chi connectivity index (χ1) is 9.99. The molecule has 0 bridgehead atoms. The molecule has 0 spiro atoms. The molecular weight excluding hydrogens is 266 g/mol. The smallest absolute Gasteiger partial charge is 0.231 e. The Balaban J connectivity index is 1.76. The Labute approximate surface area is 124 Å². The van der Waals surface area contributed by atoms with E-state index in [1.807, 2.05) is 25.1 Å². The van der Waals surface area contributed by atoms with Gasteiger partial charge in [0.1, 0.15) is 0 Å². The number of carbonyl (C=O) groups excluding carboxylic acids is 2. The second-order valence-corrected chi connectivity index (χ2v) is 6.21. The van der Waals surface area contributed by atoms with Gasteiger partial charge in [-0.3, -0.25) is 9.59 Å². The maximum Gasteiger partial charge on any atom is 0.231 e. The lowest BCUT2D eigenvalue weighted by molar-refractivity contribution is -0.123. The average molecular weight is 287 g/mol. The summed E-state index contributed by atoms with van der Waals surface area (Å²) < 4.78 is 0. The van der Waals surface area contributed by atoms with Crippen LogP contribution in [0.3, 0.4) is 0 Å². The highest BCUT2D eigenvalue weighted by molar-refractivity contribution is 5.97. The second-order valence-electron chi connectivity index (χ2n) is 6.21. The molecule has 0 aliphatic carbocycles. The molecule has 0 aromatic heterocycles. The molecule has 1 aromatic rings. The Bertz CT molecular complexity index is 591. The largest absolute Gasteiger partial charge is 0.326 e. The third kappa shape index (κ3) is 2.53. The highest BCUT2D eigenvalue weighted by Gasteiger charge is 2.36. The van der Waals surface area contributed by atoms with E-state index in [2.05, 4.69) is 10.6 Å². The summed E-state index contributed by atoms with van der Waals surface area (Å²) in [5.74, 6) is 0.129. The Hall–Kier alpha value is -1.88. The van der Waals surface area contributed by atoms with Gasteiger partial charge in [0, 0.05) is 31.4 Å². The number of benzene rings is 1. The fourth-order valence-corrected chi connectivity index (χ4v) is 3.10. The van der Waals surface area contributed by atoms with E-state index in [9.17, 15) is 9.59 Å². The van der Waals surface area contributed by atoms with Crippen LogP contribution in [0.25, 0.3) is 0 Å². The molecule has 2 heterocycles. The molecule has 1 atom stereocenters. The van der Waals surface area contributed by atoms with Crippen LogP contribution in [0.4, 0.5) is 11.4 Å². The summed E-state index contributed by atoms with van der Waals surface area (Å²) in [6, 6.07) is 5.79. The summed E-state index contributed by atoms with van der Waals surface area (Å²) in [6.07, 6.45) is 1.71. The summed E-state index contributed by atoms with van der Waals surface area (Å²) in [5.41, 5.74) is 2.58. The molecule has 2 aliphatic heterocycles. The lowest BCUT2D eigenvalue weighted by Gasteiger charge is -2.22. The molecule has 2 N–H and O–H groups in total. The molecule has 0 saturated carbocycles. The molecule has 112 valence electrons. The van der Waals surface area contributed by atoms with Crippen molar-refractivity contribution in [2.75, 3.05) is 29.9 Å². The Morgan fingerprint density at radius 1 is 1.38 bits per heavy atom. The van der Waals surface area contributed by atoms with Crippen LogP contribution in [0.5, 0.6) is 0 Å². The normalized spacial score (nSPS) is 24.0. The number of anilines is 2. The van der Waals surface area contributed by atoms with Crippen LogP contribution in [0.2, 0.25) is 0 Å². The predicted octanol–water partition coefficient (Wildman–Crippen LogP) is 1.53.